The van der Waals surface area contributed by atoms with E-state index in [4.69, 9.17) is 13.1 Å². The summed E-state index contributed by atoms with van der Waals surface area (Å²) in [7, 11) is 0. The molecule has 0 aliphatic rings. The average molecular weight is 915 g/mol. The summed E-state index contributed by atoms with van der Waals surface area (Å²) in [6, 6.07) is 70.7. The highest BCUT2D eigenvalue weighted by molar-refractivity contribution is 6.14. The lowest BCUT2D eigenvalue weighted by atomic mass is 9.96. The Hall–Kier alpha value is -10.8. The maximum atomic E-state index is 11.4. The van der Waals surface area contributed by atoms with E-state index in [1.165, 1.54) is 0 Å². The Balaban J connectivity index is 1.15. The van der Waals surface area contributed by atoms with Crippen molar-refractivity contribution in [2.24, 2.45) is 0 Å². The molecule has 9 aromatic carbocycles. The largest absolute Gasteiger partial charge is 0.309 e. The predicted octanol–water partition coefficient (Wildman–Crippen LogP) is 16.3. The number of aromatic nitrogens is 3. The van der Waals surface area contributed by atoms with Crippen molar-refractivity contribution >= 4 is 55.0 Å². The normalized spacial score (nSPS) is 11.0. The lowest BCUT2D eigenvalue weighted by Gasteiger charge is -2.19. The van der Waals surface area contributed by atoms with Crippen LogP contribution in [0.25, 0.3) is 120 Å². The van der Waals surface area contributed by atoms with Crippen LogP contribution in [0.2, 0.25) is 0 Å². The van der Waals surface area contributed by atoms with Gasteiger partial charge in [-0.25, -0.2) is 9.69 Å². The summed E-state index contributed by atoms with van der Waals surface area (Å²) in [4.78, 5) is 12.1. The third-order valence-electron chi connectivity index (χ3n) is 13.6. The molecule has 8 nitrogen and oxygen atoms in total. The average Bonchev–Trinajstić information content (AvgIpc) is 3.95. The minimum atomic E-state index is 0.430. The van der Waals surface area contributed by atoms with E-state index in [2.05, 4.69) is 96.6 Å². The number of nitrogens with zero attached hydrogens (tertiary/aromatic N) is 8. The van der Waals surface area contributed by atoms with E-state index in [9.17, 15) is 15.8 Å². The summed E-state index contributed by atoms with van der Waals surface area (Å²) in [5.41, 5.74) is 16.2. The minimum absolute atomic E-state index is 0.430. The molecule has 0 radical (unpaired) electrons. The van der Waals surface area contributed by atoms with Crippen LogP contribution in [0, 0.1) is 47.1 Å². The third-order valence-corrected chi connectivity index (χ3v) is 13.6. The Morgan fingerprint density at radius 3 is 1.14 bits per heavy atom. The smallest absolute Gasteiger partial charge is 0.194 e. The molecular weight excluding hydrogens is 881 g/mol. The number of hydrogen-bond donors (Lipinski definition) is 0. The molecule has 12 aromatic rings. The molecule has 3 aromatic heterocycles. The molecule has 0 aliphatic carbocycles. The summed E-state index contributed by atoms with van der Waals surface area (Å²) in [6.07, 6.45) is 3.54. The van der Waals surface area contributed by atoms with E-state index in [1.807, 2.05) is 140 Å². The van der Waals surface area contributed by atoms with Gasteiger partial charge in [-0.2, -0.15) is 15.8 Å². The zero-order valence-electron chi connectivity index (χ0n) is 38.2. The highest BCUT2D eigenvalue weighted by Crippen LogP contribution is 2.45. The maximum absolute atomic E-state index is 11.4. The van der Waals surface area contributed by atoms with Gasteiger partial charge in [-0.1, -0.05) is 109 Å². The fourth-order valence-corrected chi connectivity index (χ4v) is 10.3. The summed E-state index contributed by atoms with van der Waals surface area (Å²) in [5, 5.41) is 35.4. The van der Waals surface area contributed by atoms with Crippen molar-refractivity contribution in [3.05, 3.63) is 246 Å². The molecule has 0 bridgehead atoms. The number of fused-ring (bicyclic) bond motifs is 6. The van der Waals surface area contributed by atoms with E-state index >= 15 is 0 Å². The van der Waals surface area contributed by atoms with E-state index in [0.29, 0.717) is 33.8 Å². The number of pyridine rings is 1. The fourth-order valence-electron chi connectivity index (χ4n) is 10.3. The Kier molecular flexibility index (Phi) is 10.3. The summed E-state index contributed by atoms with van der Waals surface area (Å²) >= 11 is 0. The number of nitriles is 3. The van der Waals surface area contributed by atoms with Crippen molar-refractivity contribution < 1.29 is 0 Å². The quantitative estimate of drug-likeness (QED) is 0.149. The summed E-state index contributed by atoms with van der Waals surface area (Å²) in [6.45, 7) is 15.9. The second-order valence-corrected chi connectivity index (χ2v) is 17.4. The Morgan fingerprint density at radius 1 is 0.347 bits per heavy atom. The van der Waals surface area contributed by atoms with Gasteiger partial charge < -0.3 is 9.13 Å². The first kappa shape index (κ1) is 42.5. The van der Waals surface area contributed by atoms with Crippen LogP contribution in [-0.2, 0) is 0 Å². The maximum Gasteiger partial charge on any atom is 0.194 e. The van der Waals surface area contributed by atoms with Crippen molar-refractivity contribution in [1.29, 1.82) is 15.8 Å². The molecule has 0 spiro atoms. The van der Waals surface area contributed by atoms with Crippen LogP contribution >= 0.6 is 0 Å². The lowest BCUT2D eigenvalue weighted by Crippen LogP contribution is -2.04. The molecule has 0 saturated carbocycles. The first-order valence-electron chi connectivity index (χ1n) is 23.1. The summed E-state index contributed by atoms with van der Waals surface area (Å²) < 4.78 is 4.36. The number of rotatable bonds is 7. The Morgan fingerprint density at radius 2 is 0.722 bits per heavy atom. The van der Waals surface area contributed by atoms with Crippen LogP contribution in [0.3, 0.4) is 0 Å². The van der Waals surface area contributed by atoms with Gasteiger partial charge in [0.25, 0.3) is 0 Å². The molecule has 8 heteroatoms. The van der Waals surface area contributed by atoms with Gasteiger partial charge in [-0.05, 0) is 135 Å². The van der Waals surface area contributed by atoms with Gasteiger partial charge in [0.1, 0.15) is 6.07 Å². The van der Waals surface area contributed by atoms with Crippen molar-refractivity contribution in [3.63, 3.8) is 0 Å². The van der Waals surface area contributed by atoms with Gasteiger partial charge in [0.05, 0.1) is 75.4 Å². The van der Waals surface area contributed by atoms with E-state index in [-0.39, 0.29) is 0 Å². The molecule has 0 unspecified atom stereocenters. The third kappa shape index (κ3) is 6.84. The van der Waals surface area contributed by atoms with E-state index < -0.39 is 0 Å². The SMILES string of the molecule is [C-]#[N+]c1ccccc1-c1ccc2c(c1)c1cc(-c3ccccc3[N+]#[C-])ccc1n2-c1cc(C#N)c(-n2c3ccc(-c4ccccc4C#N)cc3c3cc(-c4ccccc4C#N)ccc32)cc1-c1ccncc1. The van der Waals surface area contributed by atoms with Crippen molar-refractivity contribution in [2.45, 2.75) is 0 Å². The van der Waals surface area contributed by atoms with E-state index in [0.717, 1.165) is 105 Å². The molecule has 0 N–H and O–H groups in total. The predicted molar refractivity (Wildman–Crippen MR) is 287 cm³/mol. The van der Waals surface area contributed by atoms with E-state index in [1.54, 1.807) is 12.4 Å². The lowest BCUT2D eigenvalue weighted by molar-refractivity contribution is 1.13. The van der Waals surface area contributed by atoms with Gasteiger partial charge >= 0.3 is 0 Å². The van der Waals surface area contributed by atoms with Gasteiger partial charge in [0, 0.05) is 39.5 Å². The Bertz CT molecular complexity index is 4230. The van der Waals surface area contributed by atoms with Gasteiger partial charge in [-0.15, -0.1) is 0 Å². The highest BCUT2D eigenvalue weighted by Gasteiger charge is 2.24. The van der Waals surface area contributed by atoms with Gasteiger partial charge in [0.15, 0.2) is 11.4 Å². The first-order chi connectivity index (χ1) is 35.5. The molecule has 0 saturated heterocycles. The molecule has 0 aliphatic heterocycles. The second-order valence-electron chi connectivity index (χ2n) is 17.4. The monoisotopic (exact) mass is 914 g/mol. The number of benzene rings is 9. The van der Waals surface area contributed by atoms with Gasteiger partial charge in [0.2, 0.25) is 0 Å². The van der Waals surface area contributed by atoms with Gasteiger partial charge in [-0.3, -0.25) is 4.98 Å². The molecule has 72 heavy (non-hydrogen) atoms. The topological polar surface area (TPSA) is 103 Å². The first-order valence-corrected chi connectivity index (χ1v) is 23.1. The number of para-hydroxylation sites is 2. The summed E-state index contributed by atoms with van der Waals surface area (Å²) in [5.74, 6) is 0. The highest BCUT2D eigenvalue weighted by atomic mass is 15.0. The van der Waals surface area contributed by atoms with Crippen molar-refractivity contribution in [2.75, 3.05) is 0 Å². The molecule has 0 atom stereocenters. The van der Waals surface area contributed by atoms with Crippen LogP contribution in [0.4, 0.5) is 11.4 Å². The fraction of sp³-hybridized carbons (Fsp3) is 0. The molecular formula is C64H34N8. The zero-order valence-corrected chi connectivity index (χ0v) is 38.2. The van der Waals surface area contributed by atoms with Crippen molar-refractivity contribution in [1.82, 2.24) is 14.1 Å². The molecule has 0 amide bonds. The number of hydrogen-bond acceptors (Lipinski definition) is 4. The van der Waals surface area contributed by atoms with Crippen LogP contribution < -0.4 is 0 Å². The van der Waals surface area contributed by atoms with Crippen LogP contribution in [-0.4, -0.2) is 14.1 Å². The molecule has 330 valence electrons. The molecule has 12 rings (SSSR count). The minimum Gasteiger partial charge on any atom is -0.309 e. The zero-order chi connectivity index (χ0) is 48.9. The van der Waals surface area contributed by atoms with Crippen molar-refractivity contribution in [3.8, 4) is 85.2 Å². The standard InChI is InChI=1S/C64H34N8/c1-68-57-17-9-7-15-50(57)43-21-25-61-55(33-43)56-34-44(51-16-8-10-18-58(51)69-2)22-26-62(56)72(61)64-35-47(39-67)63(36-52(64)40-27-29-70-30-28-40)71-59-23-19-41(48-13-5-3-11-45(48)37-65)31-53(59)54-32-42(20-24-60(54)71)49-14-6-4-12-46(49)38-66/h3-36H. The molecule has 0 fully saturated rings. The van der Waals surface area contributed by atoms with Crippen LogP contribution in [0.1, 0.15) is 16.7 Å². The Labute approximate surface area is 414 Å². The second kappa shape index (κ2) is 17.4. The van der Waals surface area contributed by atoms with Crippen LogP contribution in [0.15, 0.2) is 207 Å². The molecule has 3 heterocycles. The van der Waals surface area contributed by atoms with Crippen LogP contribution in [0.5, 0.6) is 0 Å².